The van der Waals surface area contributed by atoms with Crippen LogP contribution in [0.5, 0.6) is 5.75 Å². The number of benzene rings is 2. The minimum atomic E-state index is -0.116. The number of amides is 1. The molecule has 150 valence electrons. The van der Waals surface area contributed by atoms with Crippen molar-refractivity contribution in [2.24, 2.45) is 0 Å². The van der Waals surface area contributed by atoms with E-state index in [2.05, 4.69) is 38.0 Å². The van der Waals surface area contributed by atoms with E-state index in [9.17, 15) is 4.79 Å². The first-order chi connectivity index (χ1) is 14.1. The highest BCUT2D eigenvalue weighted by atomic mass is 79.9. The van der Waals surface area contributed by atoms with Crippen molar-refractivity contribution in [2.45, 2.75) is 25.2 Å². The zero-order valence-corrected chi connectivity index (χ0v) is 18.4. The summed E-state index contributed by atoms with van der Waals surface area (Å²) in [5.41, 5.74) is 1.86. The van der Waals surface area contributed by atoms with Crippen molar-refractivity contribution in [3.63, 3.8) is 0 Å². The molecular formula is C21H21BrN4O2S. The van der Waals surface area contributed by atoms with Crippen LogP contribution in [0.4, 0.5) is 5.69 Å². The molecule has 0 aliphatic heterocycles. The van der Waals surface area contributed by atoms with Crippen molar-refractivity contribution in [3.05, 3.63) is 77.0 Å². The lowest BCUT2D eigenvalue weighted by Gasteiger charge is -2.10. The predicted octanol–water partition coefficient (Wildman–Crippen LogP) is 4.84. The lowest BCUT2D eigenvalue weighted by Crippen LogP contribution is -2.15. The molecule has 0 bridgehead atoms. The van der Waals surface area contributed by atoms with Crippen LogP contribution in [0.15, 0.2) is 70.8 Å². The molecule has 8 heteroatoms. The van der Waals surface area contributed by atoms with E-state index in [0.717, 1.165) is 21.5 Å². The Labute approximate surface area is 182 Å². The quantitative estimate of drug-likeness (QED) is 0.356. The molecule has 0 aliphatic carbocycles. The zero-order chi connectivity index (χ0) is 20.6. The van der Waals surface area contributed by atoms with Crippen molar-refractivity contribution in [2.75, 3.05) is 11.1 Å². The fourth-order valence-electron chi connectivity index (χ4n) is 2.55. The van der Waals surface area contributed by atoms with Crippen LogP contribution < -0.4 is 10.1 Å². The summed E-state index contributed by atoms with van der Waals surface area (Å²) in [4.78, 5) is 12.4. The van der Waals surface area contributed by atoms with Crippen molar-refractivity contribution >= 4 is 39.3 Å². The zero-order valence-electron chi connectivity index (χ0n) is 16.0. The van der Waals surface area contributed by atoms with Gasteiger partial charge in [0.15, 0.2) is 11.0 Å². The summed E-state index contributed by atoms with van der Waals surface area (Å²) < 4.78 is 8.52. The van der Waals surface area contributed by atoms with Crippen molar-refractivity contribution in [1.29, 1.82) is 0 Å². The van der Waals surface area contributed by atoms with Crippen LogP contribution in [0.2, 0.25) is 0 Å². The first-order valence-corrected chi connectivity index (χ1v) is 10.7. The Morgan fingerprint density at radius 2 is 2.07 bits per heavy atom. The van der Waals surface area contributed by atoms with Crippen molar-refractivity contribution in [1.82, 2.24) is 14.8 Å². The summed E-state index contributed by atoms with van der Waals surface area (Å²) in [6.07, 6.45) is 1.77. The van der Waals surface area contributed by atoms with E-state index < -0.39 is 0 Å². The van der Waals surface area contributed by atoms with E-state index in [1.807, 2.05) is 60.0 Å². The fraction of sp³-hybridized carbons (Fsp3) is 0.190. The van der Waals surface area contributed by atoms with Gasteiger partial charge >= 0.3 is 0 Å². The molecule has 1 aromatic heterocycles. The minimum absolute atomic E-state index is 0.116. The third-order valence-electron chi connectivity index (χ3n) is 3.95. The molecule has 3 rings (SSSR count). The van der Waals surface area contributed by atoms with Gasteiger partial charge in [0, 0.05) is 11.0 Å². The summed E-state index contributed by atoms with van der Waals surface area (Å²) in [5, 5.41) is 12.0. The average Bonchev–Trinajstić information content (AvgIpc) is 3.10. The van der Waals surface area contributed by atoms with Crippen LogP contribution in [0.1, 0.15) is 11.4 Å². The number of ether oxygens (including phenoxy) is 1. The summed E-state index contributed by atoms with van der Waals surface area (Å²) in [7, 11) is 0. The Balaban J connectivity index is 1.61. The molecule has 6 nitrogen and oxygen atoms in total. The molecule has 1 amide bonds. The lowest BCUT2D eigenvalue weighted by molar-refractivity contribution is -0.113. The molecule has 1 heterocycles. The molecule has 0 radical (unpaired) electrons. The summed E-state index contributed by atoms with van der Waals surface area (Å²) in [5.74, 6) is 1.54. The number of aromatic nitrogens is 3. The van der Waals surface area contributed by atoms with Gasteiger partial charge in [0.2, 0.25) is 5.91 Å². The topological polar surface area (TPSA) is 69.0 Å². The molecular weight excluding hydrogens is 452 g/mol. The Hall–Kier alpha value is -2.58. The largest absolute Gasteiger partial charge is 0.486 e. The molecule has 0 aliphatic rings. The fourth-order valence-corrected chi connectivity index (χ4v) is 3.91. The molecule has 0 atom stereocenters. The smallest absolute Gasteiger partial charge is 0.234 e. The van der Waals surface area contributed by atoms with E-state index in [0.29, 0.717) is 17.5 Å². The first-order valence-electron chi connectivity index (χ1n) is 8.96. The number of carbonyl (C=O) groups is 1. The van der Waals surface area contributed by atoms with Gasteiger partial charge in [0.1, 0.15) is 12.4 Å². The number of hydrogen-bond donors (Lipinski definition) is 1. The number of rotatable bonds is 9. The van der Waals surface area contributed by atoms with Gasteiger partial charge in [-0.15, -0.1) is 16.8 Å². The first kappa shape index (κ1) is 21.1. The van der Waals surface area contributed by atoms with Crippen LogP contribution in [-0.2, 0) is 17.9 Å². The van der Waals surface area contributed by atoms with Gasteiger partial charge in [0.25, 0.3) is 0 Å². The second-order valence-corrected chi connectivity index (χ2v) is 8.02. The molecule has 0 unspecified atom stereocenters. The number of aryl methyl sites for hydroxylation is 1. The molecule has 0 spiro atoms. The van der Waals surface area contributed by atoms with Gasteiger partial charge in [0.05, 0.1) is 11.4 Å². The Morgan fingerprint density at radius 3 is 2.79 bits per heavy atom. The maximum absolute atomic E-state index is 12.4. The second-order valence-electron chi connectivity index (χ2n) is 6.22. The highest BCUT2D eigenvalue weighted by Crippen LogP contribution is 2.24. The van der Waals surface area contributed by atoms with Crippen LogP contribution in [0.25, 0.3) is 0 Å². The molecule has 0 saturated heterocycles. The number of nitrogens with zero attached hydrogens (tertiary/aromatic N) is 3. The average molecular weight is 473 g/mol. The van der Waals surface area contributed by atoms with E-state index in [1.54, 1.807) is 6.08 Å². The maximum atomic E-state index is 12.4. The number of para-hydroxylation sites is 1. The third kappa shape index (κ3) is 5.95. The molecule has 1 N–H and O–H groups in total. The highest BCUT2D eigenvalue weighted by molar-refractivity contribution is 9.10. The maximum Gasteiger partial charge on any atom is 0.234 e. The number of hydrogen-bond acceptors (Lipinski definition) is 5. The van der Waals surface area contributed by atoms with E-state index in [4.69, 9.17) is 4.74 Å². The number of anilines is 1. The molecule has 2 aromatic carbocycles. The van der Waals surface area contributed by atoms with Gasteiger partial charge in [-0.05, 0) is 52.7 Å². The Bertz CT molecular complexity index is 992. The second kappa shape index (κ2) is 10.3. The summed E-state index contributed by atoms with van der Waals surface area (Å²) in [6.45, 7) is 6.61. The van der Waals surface area contributed by atoms with Crippen LogP contribution in [0.3, 0.4) is 0 Å². The monoisotopic (exact) mass is 472 g/mol. The van der Waals surface area contributed by atoms with Crippen molar-refractivity contribution in [3.8, 4) is 5.75 Å². The van der Waals surface area contributed by atoms with E-state index >= 15 is 0 Å². The number of carbonyl (C=O) groups excluding carboxylic acids is 1. The number of thioether (sulfide) groups is 1. The number of halogens is 1. The normalized spacial score (nSPS) is 10.6. The highest BCUT2D eigenvalue weighted by Gasteiger charge is 2.14. The molecule has 29 heavy (non-hydrogen) atoms. The van der Waals surface area contributed by atoms with Gasteiger partial charge in [-0.2, -0.15) is 0 Å². The lowest BCUT2D eigenvalue weighted by atomic mass is 10.2. The minimum Gasteiger partial charge on any atom is -0.486 e. The van der Waals surface area contributed by atoms with E-state index in [1.165, 1.54) is 11.8 Å². The Kier molecular flexibility index (Phi) is 7.48. The van der Waals surface area contributed by atoms with E-state index in [-0.39, 0.29) is 18.3 Å². The van der Waals surface area contributed by atoms with Gasteiger partial charge in [-0.3, -0.25) is 9.36 Å². The van der Waals surface area contributed by atoms with Crippen LogP contribution in [-0.4, -0.2) is 26.4 Å². The van der Waals surface area contributed by atoms with Crippen LogP contribution in [0, 0.1) is 6.92 Å². The number of nitrogens with one attached hydrogen (secondary N) is 1. The number of allylic oxidation sites excluding steroid dienone is 1. The summed E-state index contributed by atoms with van der Waals surface area (Å²) in [6, 6.07) is 15.3. The van der Waals surface area contributed by atoms with Crippen LogP contribution >= 0.6 is 27.7 Å². The van der Waals surface area contributed by atoms with Gasteiger partial charge in [-0.1, -0.05) is 42.1 Å². The SMILES string of the molecule is C=CCn1c(COc2ccccc2)nnc1SCC(=O)Nc1ccc(C)cc1Br. The van der Waals surface area contributed by atoms with Gasteiger partial charge in [-0.25, -0.2) is 0 Å². The molecule has 3 aromatic rings. The Morgan fingerprint density at radius 1 is 1.28 bits per heavy atom. The summed E-state index contributed by atoms with van der Waals surface area (Å²) >= 11 is 4.80. The predicted molar refractivity (Wildman–Crippen MR) is 119 cm³/mol. The standard InChI is InChI=1S/C21H21BrN4O2S/c1-3-11-26-19(13-28-16-7-5-4-6-8-16)24-25-21(26)29-14-20(27)23-18-10-9-15(2)12-17(18)22/h3-10,12H,1,11,13-14H2,2H3,(H,23,27). The van der Waals surface area contributed by atoms with Gasteiger partial charge < -0.3 is 10.1 Å². The molecule has 0 saturated carbocycles. The van der Waals surface area contributed by atoms with Crippen molar-refractivity contribution < 1.29 is 9.53 Å². The third-order valence-corrected chi connectivity index (χ3v) is 5.57. The molecule has 0 fully saturated rings.